The van der Waals surface area contributed by atoms with Gasteiger partial charge in [-0.1, -0.05) is 31.5 Å². The average molecular weight is 391 g/mol. The van der Waals surface area contributed by atoms with Crippen molar-refractivity contribution >= 4 is 27.7 Å². The summed E-state index contributed by atoms with van der Waals surface area (Å²) in [7, 11) is 0. The highest BCUT2D eigenvalue weighted by atomic mass is 19.2. The molecular formula is C24H21F2N2O. The minimum atomic E-state index is -0.878. The third-order valence-corrected chi connectivity index (χ3v) is 5.26. The first-order valence-corrected chi connectivity index (χ1v) is 9.69. The van der Waals surface area contributed by atoms with Crippen molar-refractivity contribution < 1.29 is 13.6 Å². The number of nitrogens with zero attached hydrogens (tertiary/aromatic N) is 1. The number of fused-ring (bicyclic) bond motifs is 3. The Labute approximate surface area is 167 Å². The predicted octanol–water partition coefficient (Wildman–Crippen LogP) is 5.36. The van der Waals surface area contributed by atoms with Gasteiger partial charge in [-0.05, 0) is 60.4 Å². The smallest absolute Gasteiger partial charge is 0.249 e. The van der Waals surface area contributed by atoms with E-state index in [1.165, 1.54) is 6.07 Å². The lowest BCUT2D eigenvalue weighted by Gasteiger charge is -2.09. The second-order valence-corrected chi connectivity index (χ2v) is 7.27. The van der Waals surface area contributed by atoms with E-state index in [1.54, 1.807) is 18.2 Å². The summed E-state index contributed by atoms with van der Waals surface area (Å²) >= 11 is 0. The number of nitrogens with two attached hydrogens (primary N) is 1. The monoisotopic (exact) mass is 391 g/mol. The van der Waals surface area contributed by atoms with E-state index >= 15 is 0 Å². The Bertz CT molecular complexity index is 1230. The zero-order valence-electron chi connectivity index (χ0n) is 16.1. The first kappa shape index (κ1) is 19.1. The van der Waals surface area contributed by atoms with Gasteiger partial charge >= 0.3 is 0 Å². The molecule has 3 nitrogen and oxygen atoms in total. The number of unbranched alkanes of at least 4 members (excludes halogenated alkanes) is 1. The highest BCUT2D eigenvalue weighted by molar-refractivity contribution is 6.17. The van der Waals surface area contributed by atoms with Crippen molar-refractivity contribution in [3.05, 3.63) is 82.9 Å². The fourth-order valence-corrected chi connectivity index (χ4v) is 3.82. The molecular weight excluding hydrogens is 370 g/mol. The summed E-state index contributed by atoms with van der Waals surface area (Å²) < 4.78 is 29.1. The molecule has 0 saturated heterocycles. The molecule has 0 atom stereocenters. The Morgan fingerprint density at radius 2 is 1.90 bits per heavy atom. The van der Waals surface area contributed by atoms with Gasteiger partial charge in [-0.3, -0.25) is 4.79 Å². The third-order valence-electron chi connectivity index (χ3n) is 5.26. The average Bonchev–Trinajstić information content (AvgIpc) is 3.02. The second kappa shape index (κ2) is 7.66. The standard InChI is InChI=1S/C24H21F2N2O/c1-2-3-5-15-8-10-17-22(13-15)28(14-16-9-11-19(25)20(26)12-16)21-7-4-6-18(23(17)21)24(27)29/h4,6-9,11-13H,2-3,5,14H2,1H3,(H2,27,29). The van der Waals surface area contributed by atoms with Crippen molar-refractivity contribution in [2.24, 2.45) is 5.73 Å². The molecule has 2 N–H and O–H groups in total. The molecule has 1 amide bonds. The van der Waals surface area contributed by atoms with Crippen molar-refractivity contribution in [2.45, 2.75) is 32.7 Å². The molecule has 1 aromatic heterocycles. The molecule has 4 rings (SSSR count). The summed E-state index contributed by atoms with van der Waals surface area (Å²) in [5, 5.41) is 1.54. The molecule has 0 aliphatic heterocycles. The Hall–Kier alpha value is -3.21. The van der Waals surface area contributed by atoms with E-state index in [1.807, 2.05) is 16.7 Å². The molecule has 0 aliphatic carbocycles. The number of carbonyl (C=O) groups is 1. The van der Waals surface area contributed by atoms with Crippen LogP contribution in [0.2, 0.25) is 0 Å². The SMILES string of the molecule is CCCCc1c[c]c2c3c(C(N)=O)cccc3n(Cc3ccc(F)c(F)c3)c2c1. The molecule has 0 aliphatic rings. The summed E-state index contributed by atoms with van der Waals surface area (Å²) in [6, 6.07) is 16.7. The second-order valence-electron chi connectivity index (χ2n) is 7.27. The van der Waals surface area contributed by atoms with Crippen LogP contribution in [0.25, 0.3) is 21.8 Å². The molecule has 29 heavy (non-hydrogen) atoms. The third kappa shape index (κ3) is 3.48. The van der Waals surface area contributed by atoms with Gasteiger partial charge < -0.3 is 10.3 Å². The van der Waals surface area contributed by atoms with E-state index in [9.17, 15) is 13.6 Å². The van der Waals surface area contributed by atoms with Gasteiger partial charge in [-0.25, -0.2) is 8.78 Å². The van der Waals surface area contributed by atoms with Gasteiger partial charge in [-0.15, -0.1) is 0 Å². The quantitative estimate of drug-likeness (QED) is 0.472. The fourth-order valence-electron chi connectivity index (χ4n) is 3.82. The zero-order chi connectivity index (χ0) is 20.5. The van der Waals surface area contributed by atoms with Crippen molar-refractivity contribution in [3.8, 4) is 0 Å². The van der Waals surface area contributed by atoms with Crippen LogP contribution < -0.4 is 5.73 Å². The van der Waals surface area contributed by atoms with Gasteiger partial charge in [0.15, 0.2) is 11.6 Å². The maximum Gasteiger partial charge on any atom is 0.249 e. The maximum atomic E-state index is 13.8. The minimum Gasteiger partial charge on any atom is -0.366 e. The fraction of sp³-hybridized carbons (Fsp3) is 0.208. The van der Waals surface area contributed by atoms with Crippen LogP contribution in [0, 0.1) is 17.7 Å². The van der Waals surface area contributed by atoms with Crippen LogP contribution in [-0.2, 0) is 13.0 Å². The molecule has 4 aromatic rings. The number of rotatable bonds is 6. The van der Waals surface area contributed by atoms with Crippen molar-refractivity contribution in [1.29, 1.82) is 0 Å². The number of carbonyl (C=O) groups excluding carboxylic acids is 1. The van der Waals surface area contributed by atoms with Crippen molar-refractivity contribution in [2.75, 3.05) is 0 Å². The Kier molecular flexibility index (Phi) is 5.05. The van der Waals surface area contributed by atoms with E-state index < -0.39 is 17.5 Å². The van der Waals surface area contributed by atoms with Gasteiger partial charge in [0.05, 0.1) is 11.0 Å². The molecule has 0 unspecified atom stereocenters. The Morgan fingerprint density at radius 1 is 1.07 bits per heavy atom. The molecule has 3 aromatic carbocycles. The number of hydrogen-bond acceptors (Lipinski definition) is 1. The Morgan fingerprint density at radius 3 is 2.62 bits per heavy atom. The summed E-state index contributed by atoms with van der Waals surface area (Å²) in [4.78, 5) is 12.0. The van der Waals surface area contributed by atoms with Crippen LogP contribution in [0.5, 0.6) is 0 Å². The maximum absolute atomic E-state index is 13.8. The minimum absolute atomic E-state index is 0.338. The lowest BCUT2D eigenvalue weighted by atomic mass is 10.0. The number of hydrogen-bond donors (Lipinski definition) is 1. The van der Waals surface area contributed by atoms with Crippen LogP contribution in [0.15, 0.2) is 48.5 Å². The van der Waals surface area contributed by atoms with Gasteiger partial charge in [0, 0.05) is 22.9 Å². The van der Waals surface area contributed by atoms with E-state index in [4.69, 9.17) is 5.73 Å². The van der Waals surface area contributed by atoms with Gasteiger partial charge in [-0.2, -0.15) is 0 Å². The largest absolute Gasteiger partial charge is 0.366 e. The lowest BCUT2D eigenvalue weighted by molar-refractivity contribution is 0.100. The van der Waals surface area contributed by atoms with E-state index in [2.05, 4.69) is 19.1 Å². The Balaban J connectivity index is 1.96. The molecule has 0 spiro atoms. The first-order chi connectivity index (χ1) is 14.0. The molecule has 0 bridgehead atoms. The van der Waals surface area contributed by atoms with Gasteiger partial charge in [0.25, 0.3) is 0 Å². The summed E-state index contributed by atoms with van der Waals surface area (Å²) in [5.41, 5.74) is 9.52. The molecule has 0 fully saturated rings. The number of aryl methyl sites for hydroxylation is 1. The topological polar surface area (TPSA) is 48.0 Å². The molecule has 1 radical (unpaired) electrons. The van der Waals surface area contributed by atoms with E-state index in [-0.39, 0.29) is 0 Å². The van der Waals surface area contributed by atoms with Gasteiger partial charge in [0.1, 0.15) is 0 Å². The van der Waals surface area contributed by atoms with Crippen molar-refractivity contribution in [3.63, 3.8) is 0 Å². The zero-order valence-corrected chi connectivity index (χ0v) is 16.1. The summed E-state index contributed by atoms with van der Waals surface area (Å²) in [6.07, 6.45) is 3.08. The van der Waals surface area contributed by atoms with Crippen LogP contribution in [0.4, 0.5) is 8.78 Å². The lowest BCUT2D eigenvalue weighted by Crippen LogP contribution is -2.11. The van der Waals surface area contributed by atoms with E-state index in [0.29, 0.717) is 17.7 Å². The molecule has 1 heterocycles. The number of benzene rings is 3. The highest BCUT2D eigenvalue weighted by Gasteiger charge is 2.17. The number of amides is 1. The van der Waals surface area contributed by atoms with E-state index in [0.717, 1.165) is 52.7 Å². The van der Waals surface area contributed by atoms with Crippen LogP contribution >= 0.6 is 0 Å². The molecule has 5 heteroatoms. The number of primary amides is 1. The summed E-state index contributed by atoms with van der Waals surface area (Å²) in [6.45, 7) is 2.48. The van der Waals surface area contributed by atoms with Gasteiger partial charge in [0.2, 0.25) is 5.91 Å². The molecule has 0 saturated carbocycles. The number of halogens is 2. The summed E-state index contributed by atoms with van der Waals surface area (Å²) in [5.74, 6) is -2.26. The predicted molar refractivity (Wildman–Crippen MR) is 111 cm³/mol. The highest BCUT2D eigenvalue weighted by Crippen LogP contribution is 2.33. The van der Waals surface area contributed by atoms with Crippen LogP contribution in [-0.4, -0.2) is 10.5 Å². The normalized spacial score (nSPS) is 11.4. The van der Waals surface area contributed by atoms with Crippen LogP contribution in [0.3, 0.4) is 0 Å². The van der Waals surface area contributed by atoms with Crippen LogP contribution in [0.1, 0.15) is 41.3 Å². The molecule has 147 valence electrons. The number of aromatic nitrogens is 1. The van der Waals surface area contributed by atoms with Crippen molar-refractivity contribution in [1.82, 2.24) is 4.57 Å². The first-order valence-electron chi connectivity index (χ1n) is 9.69.